The topological polar surface area (TPSA) is 86.5 Å². The normalized spacial score (nSPS) is 15.9. The SMILES string of the molecule is CCOC(=O)CCC1CCc2cc(-c3ccc([N+](=O)[O-])cc3)ccc2C1=O. The fraction of sp³-hybridized carbons (Fsp3) is 0.333. The fourth-order valence-electron chi connectivity index (χ4n) is 3.48. The third-order valence-electron chi connectivity index (χ3n) is 4.92. The number of carbonyl (C=O) groups excluding carboxylic acids is 2. The lowest BCUT2D eigenvalue weighted by molar-refractivity contribution is -0.384. The van der Waals surface area contributed by atoms with E-state index in [1.165, 1.54) is 12.1 Å². The minimum atomic E-state index is -0.425. The number of rotatable bonds is 6. The molecule has 0 saturated carbocycles. The van der Waals surface area contributed by atoms with Gasteiger partial charge in [0.1, 0.15) is 0 Å². The molecule has 0 radical (unpaired) electrons. The van der Waals surface area contributed by atoms with E-state index in [1.54, 1.807) is 19.1 Å². The van der Waals surface area contributed by atoms with Crippen LogP contribution in [0.4, 0.5) is 5.69 Å². The summed E-state index contributed by atoms with van der Waals surface area (Å²) in [5.74, 6) is -0.326. The van der Waals surface area contributed by atoms with Crippen molar-refractivity contribution in [2.75, 3.05) is 6.61 Å². The number of ether oxygens (including phenoxy) is 1. The maximum Gasteiger partial charge on any atom is 0.305 e. The van der Waals surface area contributed by atoms with Crippen molar-refractivity contribution in [1.29, 1.82) is 0 Å². The van der Waals surface area contributed by atoms with E-state index in [1.807, 2.05) is 18.2 Å². The Balaban J connectivity index is 1.74. The minimum Gasteiger partial charge on any atom is -0.466 e. The number of non-ortho nitro benzene ring substituents is 1. The Bertz CT molecular complexity index is 873. The maximum atomic E-state index is 12.7. The van der Waals surface area contributed by atoms with Crippen molar-refractivity contribution in [3.05, 3.63) is 63.7 Å². The Labute approximate surface area is 157 Å². The molecule has 1 unspecified atom stereocenters. The third-order valence-corrected chi connectivity index (χ3v) is 4.92. The van der Waals surface area contributed by atoms with Crippen molar-refractivity contribution >= 4 is 17.4 Å². The molecule has 6 heteroatoms. The summed E-state index contributed by atoms with van der Waals surface area (Å²) in [6.07, 6.45) is 2.27. The molecule has 0 saturated heterocycles. The van der Waals surface area contributed by atoms with Gasteiger partial charge in [0, 0.05) is 30.0 Å². The second kappa shape index (κ2) is 8.12. The predicted molar refractivity (Wildman–Crippen MR) is 101 cm³/mol. The van der Waals surface area contributed by atoms with Gasteiger partial charge in [-0.2, -0.15) is 0 Å². The molecule has 0 fully saturated rings. The Morgan fingerprint density at radius 1 is 1.19 bits per heavy atom. The zero-order chi connectivity index (χ0) is 19.4. The van der Waals surface area contributed by atoms with E-state index in [9.17, 15) is 19.7 Å². The van der Waals surface area contributed by atoms with Gasteiger partial charge >= 0.3 is 5.97 Å². The van der Waals surface area contributed by atoms with E-state index in [0.717, 1.165) is 29.5 Å². The highest BCUT2D eigenvalue weighted by Crippen LogP contribution is 2.32. The van der Waals surface area contributed by atoms with Crippen LogP contribution < -0.4 is 0 Å². The molecule has 27 heavy (non-hydrogen) atoms. The van der Waals surface area contributed by atoms with E-state index >= 15 is 0 Å². The molecule has 0 aromatic heterocycles. The van der Waals surface area contributed by atoms with Crippen molar-refractivity contribution in [3.63, 3.8) is 0 Å². The number of aryl methyl sites for hydroxylation is 1. The summed E-state index contributed by atoms with van der Waals surface area (Å²) in [7, 11) is 0. The first kappa shape index (κ1) is 18.8. The van der Waals surface area contributed by atoms with Crippen molar-refractivity contribution < 1.29 is 19.2 Å². The van der Waals surface area contributed by atoms with E-state index < -0.39 is 4.92 Å². The van der Waals surface area contributed by atoms with Gasteiger partial charge in [0.2, 0.25) is 0 Å². The van der Waals surface area contributed by atoms with Crippen LogP contribution in [0.3, 0.4) is 0 Å². The number of hydrogen-bond acceptors (Lipinski definition) is 5. The monoisotopic (exact) mass is 367 g/mol. The maximum absolute atomic E-state index is 12.7. The quantitative estimate of drug-likeness (QED) is 0.430. The molecule has 0 heterocycles. The van der Waals surface area contributed by atoms with Crippen molar-refractivity contribution in [2.24, 2.45) is 5.92 Å². The highest BCUT2D eigenvalue weighted by Gasteiger charge is 2.28. The molecule has 0 bridgehead atoms. The van der Waals surface area contributed by atoms with Gasteiger partial charge < -0.3 is 4.74 Å². The van der Waals surface area contributed by atoms with Crippen LogP contribution in [0, 0.1) is 16.0 Å². The number of fused-ring (bicyclic) bond motifs is 1. The zero-order valence-corrected chi connectivity index (χ0v) is 15.1. The first-order chi connectivity index (χ1) is 13.0. The highest BCUT2D eigenvalue weighted by atomic mass is 16.6. The first-order valence-electron chi connectivity index (χ1n) is 9.07. The summed E-state index contributed by atoms with van der Waals surface area (Å²) in [5, 5.41) is 10.8. The van der Waals surface area contributed by atoms with Gasteiger partial charge in [0.05, 0.1) is 11.5 Å². The van der Waals surface area contributed by atoms with Crippen molar-refractivity contribution in [3.8, 4) is 11.1 Å². The average Bonchev–Trinajstić information content (AvgIpc) is 2.67. The van der Waals surface area contributed by atoms with E-state index in [4.69, 9.17) is 4.74 Å². The molecule has 0 aliphatic heterocycles. The van der Waals surface area contributed by atoms with Gasteiger partial charge in [0.25, 0.3) is 5.69 Å². The first-order valence-corrected chi connectivity index (χ1v) is 9.07. The Morgan fingerprint density at radius 3 is 2.56 bits per heavy atom. The number of nitro groups is 1. The van der Waals surface area contributed by atoms with E-state index in [2.05, 4.69) is 0 Å². The number of benzene rings is 2. The van der Waals surface area contributed by atoms with Crippen LogP contribution in [0.25, 0.3) is 11.1 Å². The van der Waals surface area contributed by atoms with Crippen molar-refractivity contribution in [2.45, 2.75) is 32.6 Å². The summed E-state index contributed by atoms with van der Waals surface area (Å²) >= 11 is 0. The standard InChI is InChI=1S/C21H21NO5/c1-2-27-20(23)12-8-15-3-4-17-13-16(7-11-19(17)21(15)24)14-5-9-18(10-6-14)22(25)26/h5-7,9-11,13,15H,2-4,8,12H2,1H3. The molecule has 0 amide bonds. The van der Waals surface area contributed by atoms with Crippen LogP contribution in [0.1, 0.15) is 42.1 Å². The Morgan fingerprint density at radius 2 is 1.89 bits per heavy atom. The summed E-state index contributed by atoms with van der Waals surface area (Å²) in [6.45, 7) is 2.12. The molecule has 2 aromatic carbocycles. The molecule has 0 N–H and O–H groups in total. The molecular weight excluding hydrogens is 346 g/mol. The molecule has 1 aliphatic rings. The molecule has 140 valence electrons. The smallest absolute Gasteiger partial charge is 0.305 e. The van der Waals surface area contributed by atoms with Crippen molar-refractivity contribution in [1.82, 2.24) is 0 Å². The number of nitrogens with zero attached hydrogens (tertiary/aromatic N) is 1. The molecule has 3 rings (SSSR count). The van der Waals surface area contributed by atoms with Crippen LogP contribution >= 0.6 is 0 Å². The van der Waals surface area contributed by atoms with Gasteiger partial charge in [-0.3, -0.25) is 19.7 Å². The predicted octanol–water partition coefficient (Wildman–Crippen LogP) is 4.35. The number of hydrogen-bond donors (Lipinski definition) is 0. The molecule has 2 aromatic rings. The van der Waals surface area contributed by atoms with Crippen LogP contribution in [0.5, 0.6) is 0 Å². The van der Waals surface area contributed by atoms with Gasteiger partial charge in [-0.1, -0.05) is 18.2 Å². The van der Waals surface area contributed by atoms with Crippen LogP contribution in [-0.2, 0) is 16.0 Å². The Hall–Kier alpha value is -3.02. The third kappa shape index (κ3) is 4.22. The number of carbonyl (C=O) groups is 2. The van der Waals surface area contributed by atoms with Crippen LogP contribution in [0.15, 0.2) is 42.5 Å². The average molecular weight is 367 g/mol. The lowest BCUT2D eigenvalue weighted by atomic mass is 9.79. The van der Waals surface area contributed by atoms with E-state index in [-0.39, 0.29) is 29.8 Å². The second-order valence-electron chi connectivity index (χ2n) is 6.62. The van der Waals surface area contributed by atoms with Crippen LogP contribution in [-0.4, -0.2) is 23.3 Å². The largest absolute Gasteiger partial charge is 0.466 e. The second-order valence-corrected chi connectivity index (χ2v) is 6.62. The number of ketones is 1. The fourth-order valence-corrected chi connectivity index (χ4v) is 3.48. The minimum absolute atomic E-state index is 0.0522. The number of Topliss-reactive ketones (excluding diaryl/α,β-unsaturated/α-hetero) is 1. The van der Waals surface area contributed by atoms with Gasteiger partial charge in [-0.25, -0.2) is 0 Å². The molecule has 1 atom stereocenters. The number of nitro benzene ring substituents is 1. The zero-order valence-electron chi connectivity index (χ0n) is 15.1. The summed E-state index contributed by atoms with van der Waals surface area (Å²) in [4.78, 5) is 34.6. The molecular formula is C21H21NO5. The summed E-state index contributed by atoms with van der Waals surface area (Å²) < 4.78 is 4.93. The molecule has 1 aliphatic carbocycles. The lowest BCUT2D eigenvalue weighted by Crippen LogP contribution is -2.23. The molecule has 0 spiro atoms. The Kier molecular flexibility index (Phi) is 5.64. The van der Waals surface area contributed by atoms with Crippen LogP contribution in [0.2, 0.25) is 0 Å². The summed E-state index contributed by atoms with van der Waals surface area (Å²) in [6, 6.07) is 12.1. The number of esters is 1. The molecule has 6 nitrogen and oxygen atoms in total. The van der Waals surface area contributed by atoms with Gasteiger partial charge in [0.15, 0.2) is 5.78 Å². The van der Waals surface area contributed by atoms with E-state index in [0.29, 0.717) is 18.6 Å². The lowest BCUT2D eigenvalue weighted by Gasteiger charge is -2.23. The summed E-state index contributed by atoms with van der Waals surface area (Å²) in [5.41, 5.74) is 3.56. The van der Waals surface area contributed by atoms with Gasteiger partial charge in [-0.05, 0) is 55.0 Å². The highest BCUT2D eigenvalue weighted by molar-refractivity contribution is 6.00. The van der Waals surface area contributed by atoms with Gasteiger partial charge in [-0.15, -0.1) is 0 Å².